The number of rotatable bonds is 3. The van der Waals surface area contributed by atoms with Crippen molar-refractivity contribution >= 4 is 23.3 Å². The Bertz CT molecular complexity index is 556. The average molecular weight is 278 g/mol. The number of hydrogen-bond acceptors (Lipinski definition) is 5. The first-order valence-electron chi connectivity index (χ1n) is 6.47. The smallest absolute Gasteiger partial charge is 0.337 e. The normalized spacial score (nSPS) is 18.6. The fraction of sp³-hybridized carbons (Fsp3) is 0.429. The topological polar surface area (TPSA) is 87.7 Å². The lowest BCUT2D eigenvalue weighted by atomic mass is 10.0. The van der Waals surface area contributed by atoms with Crippen LogP contribution in [0.15, 0.2) is 12.1 Å². The Hall–Kier alpha value is -2.08. The number of amides is 1. The fourth-order valence-electron chi connectivity index (χ4n) is 2.07. The molecule has 1 heterocycles. The highest BCUT2D eigenvalue weighted by Gasteiger charge is 2.36. The molecular weight excluding hydrogens is 260 g/mol. The largest absolute Gasteiger partial charge is 0.464 e. The molecule has 6 nitrogen and oxygen atoms in total. The van der Waals surface area contributed by atoms with E-state index in [0.29, 0.717) is 11.4 Å². The van der Waals surface area contributed by atoms with E-state index in [2.05, 4.69) is 10.6 Å². The summed E-state index contributed by atoms with van der Waals surface area (Å²) in [5, 5.41) is 15.5. The summed E-state index contributed by atoms with van der Waals surface area (Å²) < 4.78 is 4.73. The highest BCUT2D eigenvalue weighted by Crippen LogP contribution is 2.30. The van der Waals surface area contributed by atoms with Crippen LogP contribution >= 0.6 is 0 Å². The van der Waals surface area contributed by atoms with Crippen molar-refractivity contribution in [2.24, 2.45) is 0 Å². The van der Waals surface area contributed by atoms with E-state index in [1.54, 1.807) is 6.92 Å². The van der Waals surface area contributed by atoms with Gasteiger partial charge in [0.25, 0.3) is 0 Å². The zero-order valence-electron chi connectivity index (χ0n) is 11.7. The van der Waals surface area contributed by atoms with Crippen LogP contribution in [0.2, 0.25) is 0 Å². The van der Waals surface area contributed by atoms with Gasteiger partial charge in [0.1, 0.15) is 6.04 Å². The van der Waals surface area contributed by atoms with Gasteiger partial charge in [0.15, 0.2) is 6.10 Å². The quantitative estimate of drug-likeness (QED) is 0.717. The lowest BCUT2D eigenvalue weighted by Crippen LogP contribution is -2.50. The lowest BCUT2D eigenvalue weighted by molar-refractivity contribution is -0.155. The number of carbonyl (C=O) groups is 2. The van der Waals surface area contributed by atoms with Crippen molar-refractivity contribution in [1.29, 1.82) is 0 Å². The van der Waals surface area contributed by atoms with E-state index >= 15 is 0 Å². The third kappa shape index (κ3) is 2.60. The van der Waals surface area contributed by atoms with Crippen molar-refractivity contribution in [3.63, 3.8) is 0 Å². The van der Waals surface area contributed by atoms with Crippen LogP contribution in [0.4, 0.5) is 11.4 Å². The highest BCUT2D eigenvalue weighted by atomic mass is 16.5. The van der Waals surface area contributed by atoms with Gasteiger partial charge >= 0.3 is 5.97 Å². The Morgan fingerprint density at radius 1 is 1.35 bits per heavy atom. The molecule has 0 saturated carbocycles. The van der Waals surface area contributed by atoms with Crippen LogP contribution in [0.3, 0.4) is 0 Å². The number of aryl methyl sites for hydroxylation is 2. The molecule has 0 fully saturated rings. The minimum absolute atomic E-state index is 0.152. The second kappa shape index (κ2) is 5.50. The average Bonchev–Trinajstić information content (AvgIpc) is 2.39. The number of carbonyl (C=O) groups excluding carboxylic acids is 2. The molecule has 6 heteroatoms. The summed E-state index contributed by atoms with van der Waals surface area (Å²) in [7, 11) is 0. The van der Waals surface area contributed by atoms with Crippen molar-refractivity contribution in [1.82, 2.24) is 0 Å². The molecule has 0 aromatic heterocycles. The molecule has 0 bridgehead atoms. The van der Waals surface area contributed by atoms with Crippen molar-refractivity contribution in [2.45, 2.75) is 32.9 Å². The number of anilines is 2. The van der Waals surface area contributed by atoms with Gasteiger partial charge in [-0.15, -0.1) is 0 Å². The molecule has 0 spiro atoms. The van der Waals surface area contributed by atoms with Gasteiger partial charge in [-0.1, -0.05) is 0 Å². The van der Waals surface area contributed by atoms with E-state index < -0.39 is 24.0 Å². The number of fused-ring (bicyclic) bond motifs is 1. The fourth-order valence-corrected chi connectivity index (χ4v) is 2.07. The maximum Gasteiger partial charge on any atom is 0.337 e. The molecule has 1 amide bonds. The van der Waals surface area contributed by atoms with Gasteiger partial charge in [-0.3, -0.25) is 4.79 Å². The molecule has 0 radical (unpaired) electrons. The number of hydrogen-bond donors (Lipinski definition) is 3. The third-order valence-corrected chi connectivity index (χ3v) is 3.33. The number of esters is 1. The molecule has 1 aliphatic heterocycles. The minimum atomic E-state index is -1.54. The summed E-state index contributed by atoms with van der Waals surface area (Å²) in [6, 6.07) is 2.67. The first-order chi connectivity index (χ1) is 9.43. The van der Waals surface area contributed by atoms with Gasteiger partial charge in [-0.25, -0.2) is 4.79 Å². The van der Waals surface area contributed by atoms with Gasteiger partial charge in [0.05, 0.1) is 18.0 Å². The zero-order chi connectivity index (χ0) is 14.9. The molecule has 2 rings (SSSR count). The van der Waals surface area contributed by atoms with Crippen molar-refractivity contribution in [3.05, 3.63) is 23.3 Å². The minimum Gasteiger partial charge on any atom is -0.464 e. The maximum atomic E-state index is 12.0. The van der Waals surface area contributed by atoms with Gasteiger partial charge in [-0.05, 0) is 44.0 Å². The summed E-state index contributed by atoms with van der Waals surface area (Å²) in [5.41, 5.74) is 3.43. The van der Waals surface area contributed by atoms with E-state index in [-0.39, 0.29) is 6.61 Å². The molecule has 1 aromatic rings. The van der Waals surface area contributed by atoms with Crippen molar-refractivity contribution < 1.29 is 19.4 Å². The van der Waals surface area contributed by atoms with Crippen molar-refractivity contribution in [3.8, 4) is 0 Å². The van der Waals surface area contributed by atoms with Crippen LogP contribution in [0.5, 0.6) is 0 Å². The summed E-state index contributed by atoms with van der Waals surface area (Å²) >= 11 is 0. The molecular formula is C14H18N2O4. The number of nitrogens with one attached hydrogen (secondary N) is 2. The molecule has 20 heavy (non-hydrogen) atoms. The van der Waals surface area contributed by atoms with Gasteiger partial charge in [0, 0.05) is 0 Å². The van der Waals surface area contributed by atoms with Crippen LogP contribution in [0, 0.1) is 13.8 Å². The van der Waals surface area contributed by atoms with E-state index in [1.807, 2.05) is 26.0 Å². The molecule has 1 aromatic carbocycles. The maximum absolute atomic E-state index is 12.0. The van der Waals surface area contributed by atoms with E-state index in [9.17, 15) is 14.7 Å². The second-order valence-electron chi connectivity index (χ2n) is 4.79. The molecule has 0 unspecified atom stereocenters. The number of aliphatic hydroxyl groups excluding tert-OH is 1. The monoisotopic (exact) mass is 278 g/mol. The molecule has 108 valence electrons. The van der Waals surface area contributed by atoms with Gasteiger partial charge < -0.3 is 20.5 Å². The van der Waals surface area contributed by atoms with Crippen LogP contribution in [0.1, 0.15) is 18.1 Å². The molecule has 2 atom stereocenters. The standard InChI is InChI=1S/C14H18N2O4/c1-4-20-14(19)12(17)11-13(18)16-10-6-8(3)7(2)5-9(10)15-11/h5-6,11-12,15,17H,4H2,1-3H3,(H,16,18)/t11-,12+/m0/s1. The number of benzene rings is 1. The van der Waals surface area contributed by atoms with E-state index in [1.165, 1.54) is 0 Å². The first-order valence-corrected chi connectivity index (χ1v) is 6.47. The van der Waals surface area contributed by atoms with Crippen LogP contribution in [-0.2, 0) is 14.3 Å². The van der Waals surface area contributed by atoms with Crippen LogP contribution in [-0.4, -0.2) is 35.7 Å². The summed E-state index contributed by atoms with van der Waals surface area (Å²) in [4.78, 5) is 23.5. The number of aliphatic hydroxyl groups is 1. The second-order valence-corrected chi connectivity index (χ2v) is 4.79. The predicted octanol–water partition coefficient (Wildman–Crippen LogP) is 0.960. The molecule has 1 aliphatic rings. The Labute approximate surface area is 117 Å². The highest BCUT2D eigenvalue weighted by molar-refractivity contribution is 6.05. The Morgan fingerprint density at radius 2 is 1.95 bits per heavy atom. The summed E-state index contributed by atoms with van der Waals surface area (Å²) in [6.45, 7) is 5.69. The number of ether oxygens (including phenoxy) is 1. The van der Waals surface area contributed by atoms with Gasteiger partial charge in [-0.2, -0.15) is 0 Å². The van der Waals surface area contributed by atoms with Crippen LogP contribution in [0.25, 0.3) is 0 Å². The summed E-state index contributed by atoms with van der Waals surface area (Å²) in [6.07, 6.45) is -1.54. The molecule has 0 saturated heterocycles. The Morgan fingerprint density at radius 3 is 2.55 bits per heavy atom. The van der Waals surface area contributed by atoms with Gasteiger partial charge in [0.2, 0.25) is 5.91 Å². The SMILES string of the molecule is CCOC(=O)[C@H](O)[C@@H]1Nc2cc(C)c(C)cc2NC1=O. The Kier molecular flexibility index (Phi) is 3.94. The predicted molar refractivity (Wildman–Crippen MR) is 74.6 cm³/mol. The lowest BCUT2D eigenvalue weighted by Gasteiger charge is -2.29. The Balaban J connectivity index is 2.25. The summed E-state index contributed by atoms with van der Waals surface area (Å²) in [5.74, 6) is -1.27. The van der Waals surface area contributed by atoms with Crippen LogP contribution < -0.4 is 10.6 Å². The first kappa shape index (κ1) is 14.3. The van der Waals surface area contributed by atoms with E-state index in [4.69, 9.17) is 4.74 Å². The third-order valence-electron chi connectivity index (χ3n) is 3.33. The van der Waals surface area contributed by atoms with E-state index in [0.717, 1.165) is 11.1 Å². The molecule has 0 aliphatic carbocycles. The molecule has 3 N–H and O–H groups in total. The zero-order valence-corrected chi connectivity index (χ0v) is 11.7. The van der Waals surface area contributed by atoms with Crippen molar-refractivity contribution in [2.75, 3.05) is 17.2 Å².